The molecule has 0 radical (unpaired) electrons. The largest absolute Gasteiger partial charge is 0.497 e. The van der Waals surface area contributed by atoms with Crippen molar-refractivity contribution in [3.63, 3.8) is 0 Å². The summed E-state index contributed by atoms with van der Waals surface area (Å²) in [6.07, 6.45) is 0.256. The van der Waals surface area contributed by atoms with Crippen molar-refractivity contribution in [1.29, 1.82) is 0 Å². The molecule has 0 spiro atoms. The molecule has 5 heteroatoms. The summed E-state index contributed by atoms with van der Waals surface area (Å²) in [4.78, 5) is 17.5. The van der Waals surface area contributed by atoms with Gasteiger partial charge in [-0.25, -0.2) is 0 Å². The highest BCUT2D eigenvalue weighted by molar-refractivity contribution is 7.16. The van der Waals surface area contributed by atoms with E-state index < -0.39 is 0 Å². The minimum absolute atomic E-state index is 0.162. The molecule has 0 aliphatic carbocycles. The lowest BCUT2D eigenvalue weighted by atomic mass is 10.1. The molecule has 0 N–H and O–H groups in total. The summed E-state index contributed by atoms with van der Waals surface area (Å²) in [5.41, 5.74) is 2.01. The maximum Gasteiger partial charge on any atom is 0.252 e. The molecular weight excluding hydrogens is 344 g/mol. The molecule has 0 aliphatic heterocycles. The quantitative estimate of drug-likeness (QED) is 0.551. The Morgan fingerprint density at radius 2 is 1.96 bits per heavy atom. The summed E-state index contributed by atoms with van der Waals surface area (Å²) in [5.74, 6) is 0.582. The number of carbonyl (C=O) groups excluding carboxylic acids is 1. The zero-order valence-electron chi connectivity index (χ0n) is 14.6. The third-order valence-electron chi connectivity index (χ3n) is 4.40. The fraction of sp³-hybridized carbons (Fsp3) is 0.143. The number of ether oxygens (including phenoxy) is 1. The standard InChI is InChI=1S/C21H18N2O2S/c1-23-20-17-9-4-3-7-15(17)10-11-18(20)26-21(23)22-19(24)13-14-6-5-8-16(12-14)25-2/h3-12H,13H2,1-2H3. The van der Waals surface area contributed by atoms with Crippen LogP contribution in [0.3, 0.4) is 0 Å². The van der Waals surface area contributed by atoms with Gasteiger partial charge >= 0.3 is 0 Å². The molecule has 0 fully saturated rings. The Morgan fingerprint density at radius 1 is 1.12 bits per heavy atom. The highest BCUT2D eigenvalue weighted by Gasteiger charge is 2.09. The first-order chi connectivity index (χ1) is 12.7. The predicted octanol–water partition coefficient (Wildman–Crippen LogP) is 4.07. The van der Waals surface area contributed by atoms with E-state index in [1.165, 1.54) is 22.1 Å². The van der Waals surface area contributed by atoms with E-state index in [1.807, 2.05) is 48.0 Å². The average molecular weight is 362 g/mol. The van der Waals surface area contributed by atoms with Crippen molar-refractivity contribution in [3.8, 4) is 5.75 Å². The lowest BCUT2D eigenvalue weighted by Gasteiger charge is -2.02. The molecule has 26 heavy (non-hydrogen) atoms. The van der Waals surface area contributed by atoms with Crippen molar-refractivity contribution in [1.82, 2.24) is 4.57 Å². The Bertz CT molecular complexity index is 1190. The minimum Gasteiger partial charge on any atom is -0.497 e. The van der Waals surface area contributed by atoms with E-state index in [9.17, 15) is 4.79 Å². The third-order valence-corrected chi connectivity index (χ3v) is 5.49. The minimum atomic E-state index is -0.162. The topological polar surface area (TPSA) is 43.6 Å². The number of benzene rings is 3. The van der Waals surface area contributed by atoms with Crippen molar-refractivity contribution < 1.29 is 9.53 Å². The smallest absolute Gasteiger partial charge is 0.252 e. The maximum absolute atomic E-state index is 12.5. The van der Waals surface area contributed by atoms with E-state index in [0.29, 0.717) is 4.80 Å². The molecule has 3 aromatic carbocycles. The number of aromatic nitrogens is 1. The molecule has 4 nitrogen and oxygen atoms in total. The van der Waals surface area contributed by atoms with Gasteiger partial charge in [0.1, 0.15) is 5.75 Å². The van der Waals surface area contributed by atoms with Gasteiger partial charge in [0.15, 0.2) is 4.80 Å². The Balaban J connectivity index is 1.74. The molecule has 1 heterocycles. The van der Waals surface area contributed by atoms with Crippen LogP contribution in [0.2, 0.25) is 0 Å². The van der Waals surface area contributed by atoms with Gasteiger partial charge < -0.3 is 9.30 Å². The second-order valence-electron chi connectivity index (χ2n) is 6.11. The maximum atomic E-state index is 12.5. The van der Waals surface area contributed by atoms with E-state index in [1.54, 1.807) is 7.11 Å². The summed E-state index contributed by atoms with van der Waals surface area (Å²) in [5, 5.41) is 2.35. The van der Waals surface area contributed by atoms with E-state index in [4.69, 9.17) is 4.74 Å². The molecule has 1 aromatic heterocycles. The Labute approximate surface area is 155 Å². The zero-order chi connectivity index (χ0) is 18.1. The Morgan fingerprint density at radius 3 is 2.81 bits per heavy atom. The van der Waals surface area contributed by atoms with Gasteiger partial charge in [-0.1, -0.05) is 53.8 Å². The number of rotatable bonds is 3. The van der Waals surface area contributed by atoms with Gasteiger partial charge in [-0.05, 0) is 29.1 Å². The average Bonchev–Trinajstić information content (AvgIpc) is 2.98. The zero-order valence-corrected chi connectivity index (χ0v) is 15.4. The molecule has 0 atom stereocenters. The molecule has 0 saturated heterocycles. The van der Waals surface area contributed by atoms with Gasteiger partial charge in [-0.3, -0.25) is 4.79 Å². The van der Waals surface area contributed by atoms with Gasteiger partial charge in [0.05, 0.1) is 23.7 Å². The van der Waals surface area contributed by atoms with Crippen LogP contribution in [-0.2, 0) is 18.3 Å². The molecule has 0 unspecified atom stereocenters. The second-order valence-corrected chi connectivity index (χ2v) is 7.12. The fourth-order valence-corrected chi connectivity index (χ4v) is 4.18. The van der Waals surface area contributed by atoms with Crippen LogP contribution in [0.5, 0.6) is 5.75 Å². The third kappa shape index (κ3) is 3.02. The lowest BCUT2D eigenvalue weighted by molar-refractivity contribution is -0.117. The number of hydrogen-bond acceptors (Lipinski definition) is 3. The summed E-state index contributed by atoms with van der Waals surface area (Å²) in [6, 6.07) is 20.0. The number of fused-ring (bicyclic) bond motifs is 3. The van der Waals surface area contributed by atoms with Crippen molar-refractivity contribution in [2.24, 2.45) is 12.0 Å². The fourth-order valence-electron chi connectivity index (χ4n) is 3.13. The van der Waals surface area contributed by atoms with E-state index in [-0.39, 0.29) is 12.3 Å². The number of carbonyl (C=O) groups is 1. The van der Waals surface area contributed by atoms with Crippen LogP contribution in [0.1, 0.15) is 5.56 Å². The van der Waals surface area contributed by atoms with Crippen molar-refractivity contribution >= 4 is 38.2 Å². The first-order valence-electron chi connectivity index (χ1n) is 8.33. The van der Waals surface area contributed by atoms with Crippen LogP contribution in [0.4, 0.5) is 0 Å². The second kappa shape index (κ2) is 6.77. The molecule has 0 bridgehead atoms. The predicted molar refractivity (Wildman–Crippen MR) is 106 cm³/mol. The van der Waals surface area contributed by atoms with Gasteiger partial charge in [0.2, 0.25) is 0 Å². The van der Waals surface area contributed by atoms with Crippen molar-refractivity contribution in [3.05, 3.63) is 71.0 Å². The normalized spacial score (nSPS) is 12.0. The first kappa shape index (κ1) is 16.5. The van der Waals surface area contributed by atoms with E-state index in [2.05, 4.69) is 29.3 Å². The molecule has 130 valence electrons. The van der Waals surface area contributed by atoms with Crippen LogP contribution < -0.4 is 9.54 Å². The van der Waals surface area contributed by atoms with Crippen LogP contribution in [0.15, 0.2) is 65.7 Å². The number of aryl methyl sites for hydroxylation is 1. The van der Waals surface area contributed by atoms with Crippen molar-refractivity contribution in [2.75, 3.05) is 7.11 Å². The number of amides is 1. The highest BCUT2D eigenvalue weighted by Crippen LogP contribution is 2.26. The lowest BCUT2D eigenvalue weighted by Crippen LogP contribution is -2.14. The van der Waals surface area contributed by atoms with Crippen LogP contribution in [-0.4, -0.2) is 17.6 Å². The summed E-state index contributed by atoms with van der Waals surface area (Å²) in [7, 11) is 3.58. The molecular formula is C21H18N2O2S. The van der Waals surface area contributed by atoms with Crippen LogP contribution in [0, 0.1) is 0 Å². The van der Waals surface area contributed by atoms with E-state index in [0.717, 1.165) is 21.5 Å². The van der Waals surface area contributed by atoms with Crippen molar-refractivity contribution in [2.45, 2.75) is 6.42 Å². The first-order valence-corrected chi connectivity index (χ1v) is 9.15. The Hall–Kier alpha value is -2.92. The Kier molecular flexibility index (Phi) is 4.31. The highest BCUT2D eigenvalue weighted by atomic mass is 32.1. The van der Waals surface area contributed by atoms with Gasteiger partial charge in [0, 0.05) is 12.4 Å². The summed E-state index contributed by atoms with van der Waals surface area (Å²) >= 11 is 1.54. The van der Waals surface area contributed by atoms with E-state index >= 15 is 0 Å². The number of thiazole rings is 1. The summed E-state index contributed by atoms with van der Waals surface area (Å²) in [6.45, 7) is 0. The monoisotopic (exact) mass is 362 g/mol. The molecule has 4 aromatic rings. The summed E-state index contributed by atoms with van der Waals surface area (Å²) < 4.78 is 8.34. The molecule has 0 aliphatic rings. The van der Waals surface area contributed by atoms with Crippen LogP contribution in [0.25, 0.3) is 21.0 Å². The number of methoxy groups -OCH3 is 1. The number of hydrogen-bond donors (Lipinski definition) is 0. The molecule has 0 saturated carbocycles. The SMILES string of the molecule is COc1cccc(CC(=O)N=c2sc3ccc4ccccc4c3n2C)c1. The van der Waals surface area contributed by atoms with Gasteiger partial charge in [-0.2, -0.15) is 4.99 Å². The molecule has 4 rings (SSSR count). The molecule has 1 amide bonds. The number of nitrogens with zero attached hydrogens (tertiary/aromatic N) is 2. The van der Waals surface area contributed by atoms with Gasteiger partial charge in [-0.15, -0.1) is 0 Å². The van der Waals surface area contributed by atoms with Gasteiger partial charge in [0.25, 0.3) is 5.91 Å². The van der Waals surface area contributed by atoms with Crippen LogP contribution >= 0.6 is 11.3 Å².